The average molecular weight is 212 g/mol. The first-order valence-electron chi connectivity index (χ1n) is 5.65. The van der Waals surface area contributed by atoms with Crippen molar-refractivity contribution in [2.45, 2.75) is 39.3 Å². The molecule has 1 fully saturated rings. The number of likely N-dealkylation sites (tertiary alicyclic amines) is 1. The van der Waals surface area contributed by atoms with Gasteiger partial charge in [-0.2, -0.15) is 0 Å². The van der Waals surface area contributed by atoms with Crippen molar-refractivity contribution in [2.75, 3.05) is 20.6 Å². The lowest BCUT2D eigenvalue weighted by Crippen LogP contribution is -2.35. The second kappa shape index (κ2) is 6.62. The second-order valence-corrected chi connectivity index (χ2v) is 3.90. The van der Waals surface area contributed by atoms with E-state index in [-0.39, 0.29) is 5.91 Å². The summed E-state index contributed by atoms with van der Waals surface area (Å²) < 4.78 is 0. The predicted octanol–water partition coefficient (Wildman–Crippen LogP) is 1.75. The Bertz CT molecular complexity index is 214. The molecule has 88 valence electrons. The molecule has 0 N–H and O–H groups in total. The molecule has 1 aliphatic heterocycles. The molecular weight excluding hydrogens is 188 g/mol. The zero-order valence-corrected chi connectivity index (χ0v) is 10.7. The van der Waals surface area contributed by atoms with Crippen LogP contribution in [0.4, 0.5) is 0 Å². The van der Waals surface area contributed by atoms with Crippen LogP contribution in [-0.2, 0) is 4.79 Å². The summed E-state index contributed by atoms with van der Waals surface area (Å²) in [6.07, 6.45) is 2.46. The van der Waals surface area contributed by atoms with Crippen LogP contribution in [-0.4, -0.2) is 48.4 Å². The topological polar surface area (TPSA) is 23.6 Å². The van der Waals surface area contributed by atoms with Crippen molar-refractivity contribution in [3.05, 3.63) is 12.7 Å². The van der Waals surface area contributed by atoms with Gasteiger partial charge in [0.05, 0.1) is 0 Å². The Balaban J connectivity index is 0.000000921. The van der Waals surface area contributed by atoms with E-state index >= 15 is 0 Å². The highest BCUT2D eigenvalue weighted by molar-refractivity contribution is 5.87. The Kier molecular flexibility index (Phi) is 6.25. The molecule has 0 aromatic carbocycles. The minimum Gasteiger partial charge on any atom is -0.335 e. The predicted molar refractivity (Wildman–Crippen MR) is 64.8 cm³/mol. The van der Waals surface area contributed by atoms with Crippen molar-refractivity contribution >= 4 is 5.91 Å². The number of hydrogen-bond donors (Lipinski definition) is 0. The molecule has 0 aliphatic carbocycles. The lowest BCUT2D eigenvalue weighted by molar-refractivity contribution is -0.126. The molecule has 0 aromatic rings. The normalized spacial score (nSPS) is 24.8. The second-order valence-electron chi connectivity index (χ2n) is 3.90. The number of nitrogens with zero attached hydrogens (tertiary/aromatic N) is 2. The molecule has 1 heterocycles. The maximum atomic E-state index is 11.4. The number of hydrogen-bond acceptors (Lipinski definition) is 2. The van der Waals surface area contributed by atoms with Gasteiger partial charge < -0.3 is 9.80 Å². The number of rotatable bonds is 2. The fourth-order valence-corrected chi connectivity index (χ4v) is 1.80. The van der Waals surface area contributed by atoms with Gasteiger partial charge >= 0.3 is 0 Å². The largest absolute Gasteiger partial charge is 0.335 e. The highest BCUT2D eigenvalue weighted by Gasteiger charge is 2.31. The van der Waals surface area contributed by atoms with Gasteiger partial charge in [0.15, 0.2) is 0 Å². The monoisotopic (exact) mass is 212 g/mol. The van der Waals surface area contributed by atoms with Gasteiger partial charge in [0.1, 0.15) is 0 Å². The van der Waals surface area contributed by atoms with E-state index in [0.717, 1.165) is 13.0 Å². The molecule has 0 saturated carbocycles. The van der Waals surface area contributed by atoms with Crippen molar-refractivity contribution in [3.63, 3.8) is 0 Å². The number of amides is 1. The lowest BCUT2D eigenvalue weighted by Gasteiger charge is -2.20. The van der Waals surface area contributed by atoms with Crippen molar-refractivity contribution < 1.29 is 4.79 Å². The van der Waals surface area contributed by atoms with Crippen LogP contribution in [0.1, 0.15) is 27.2 Å². The van der Waals surface area contributed by atoms with Gasteiger partial charge in [0.2, 0.25) is 5.91 Å². The molecule has 0 aromatic heterocycles. The molecule has 2 atom stereocenters. The van der Waals surface area contributed by atoms with Crippen LogP contribution in [0.2, 0.25) is 0 Å². The minimum atomic E-state index is 0.0526. The summed E-state index contributed by atoms with van der Waals surface area (Å²) in [4.78, 5) is 15.4. The molecule has 0 spiro atoms. The van der Waals surface area contributed by atoms with Crippen LogP contribution >= 0.6 is 0 Å². The number of carbonyl (C=O) groups excluding carboxylic acids is 1. The molecule has 15 heavy (non-hydrogen) atoms. The van der Waals surface area contributed by atoms with E-state index < -0.39 is 0 Å². The maximum absolute atomic E-state index is 11.4. The summed E-state index contributed by atoms with van der Waals surface area (Å²) >= 11 is 0. The molecule has 0 radical (unpaired) electrons. The van der Waals surface area contributed by atoms with E-state index in [1.165, 1.54) is 6.08 Å². The van der Waals surface area contributed by atoms with Gasteiger partial charge in [0.25, 0.3) is 0 Å². The van der Waals surface area contributed by atoms with Crippen molar-refractivity contribution in [3.8, 4) is 0 Å². The minimum absolute atomic E-state index is 0.0526. The van der Waals surface area contributed by atoms with Crippen LogP contribution in [0.25, 0.3) is 0 Å². The third-order valence-electron chi connectivity index (χ3n) is 2.74. The van der Waals surface area contributed by atoms with Gasteiger partial charge in [-0.3, -0.25) is 4.79 Å². The fourth-order valence-electron chi connectivity index (χ4n) is 1.80. The number of carbonyl (C=O) groups is 1. The molecule has 1 aliphatic rings. The summed E-state index contributed by atoms with van der Waals surface area (Å²) in [7, 11) is 4.11. The first-order valence-corrected chi connectivity index (χ1v) is 5.65. The van der Waals surface area contributed by atoms with Crippen LogP contribution < -0.4 is 0 Å². The summed E-state index contributed by atoms with van der Waals surface area (Å²) in [6, 6.07) is 0.844. The molecule has 3 nitrogen and oxygen atoms in total. The van der Waals surface area contributed by atoms with E-state index in [2.05, 4.69) is 32.5 Å². The van der Waals surface area contributed by atoms with Crippen LogP contribution in [0.5, 0.6) is 0 Å². The van der Waals surface area contributed by atoms with Gasteiger partial charge in [-0.25, -0.2) is 0 Å². The molecule has 1 amide bonds. The smallest absolute Gasteiger partial charge is 0.246 e. The standard InChI is InChI=1S/C10H18N2O.C2H6/c1-5-10(13)12-7-9(11(3)4)6-8(12)2;1-2/h5,8-9H,1,6-7H2,2-4H3;1-2H3. The van der Waals surface area contributed by atoms with Gasteiger partial charge in [-0.1, -0.05) is 20.4 Å². The first kappa shape index (κ1) is 14.2. The van der Waals surface area contributed by atoms with E-state index in [1.807, 2.05) is 18.7 Å². The van der Waals surface area contributed by atoms with Crippen LogP contribution in [0.3, 0.4) is 0 Å². The Labute approximate surface area is 93.7 Å². The maximum Gasteiger partial charge on any atom is 0.246 e. The highest BCUT2D eigenvalue weighted by Crippen LogP contribution is 2.20. The number of likely N-dealkylation sites (N-methyl/N-ethyl adjacent to an activating group) is 1. The van der Waals surface area contributed by atoms with Gasteiger partial charge in [0, 0.05) is 18.6 Å². The molecule has 3 heteroatoms. The Morgan fingerprint density at radius 3 is 2.33 bits per heavy atom. The van der Waals surface area contributed by atoms with Gasteiger partial charge in [-0.15, -0.1) is 0 Å². The molecule has 1 saturated heterocycles. The fraction of sp³-hybridized carbons (Fsp3) is 0.750. The summed E-state index contributed by atoms with van der Waals surface area (Å²) in [6.45, 7) is 10.4. The summed E-state index contributed by atoms with van der Waals surface area (Å²) in [5.74, 6) is 0.0526. The lowest BCUT2D eigenvalue weighted by atomic mass is 10.2. The van der Waals surface area contributed by atoms with E-state index in [1.54, 1.807) is 0 Å². The van der Waals surface area contributed by atoms with Crippen LogP contribution in [0, 0.1) is 0 Å². The Morgan fingerprint density at radius 2 is 2.00 bits per heavy atom. The van der Waals surface area contributed by atoms with E-state index in [9.17, 15) is 4.79 Å². The van der Waals surface area contributed by atoms with Crippen molar-refractivity contribution in [1.29, 1.82) is 0 Å². The third kappa shape index (κ3) is 3.67. The van der Waals surface area contributed by atoms with Crippen LogP contribution in [0.15, 0.2) is 12.7 Å². The zero-order valence-electron chi connectivity index (χ0n) is 10.7. The molecule has 2 unspecified atom stereocenters. The summed E-state index contributed by atoms with van der Waals surface area (Å²) in [5.41, 5.74) is 0. The first-order chi connectivity index (χ1) is 7.06. The highest BCUT2D eigenvalue weighted by atomic mass is 16.2. The van der Waals surface area contributed by atoms with Gasteiger partial charge in [-0.05, 0) is 33.5 Å². The summed E-state index contributed by atoms with van der Waals surface area (Å²) in [5, 5.41) is 0. The van der Waals surface area contributed by atoms with Crippen molar-refractivity contribution in [2.24, 2.45) is 0 Å². The molecule has 1 rings (SSSR count). The quantitative estimate of drug-likeness (QED) is 0.651. The molecular formula is C12H24N2O. The average Bonchev–Trinajstić information content (AvgIpc) is 2.62. The SMILES string of the molecule is C=CC(=O)N1CC(N(C)C)CC1C.CC. The Hall–Kier alpha value is -0.830. The van der Waals surface area contributed by atoms with Crippen molar-refractivity contribution in [1.82, 2.24) is 9.80 Å². The van der Waals surface area contributed by atoms with E-state index in [4.69, 9.17) is 0 Å². The zero-order chi connectivity index (χ0) is 12.0. The third-order valence-corrected chi connectivity index (χ3v) is 2.74. The van der Waals surface area contributed by atoms with E-state index in [0.29, 0.717) is 12.1 Å². The Morgan fingerprint density at radius 1 is 1.47 bits per heavy atom. The molecule has 0 bridgehead atoms.